The van der Waals surface area contributed by atoms with Crippen LogP contribution in [0.1, 0.15) is 26.4 Å². The van der Waals surface area contributed by atoms with Crippen LogP contribution >= 0.6 is 0 Å². The molecule has 182 valence electrons. The zero-order chi connectivity index (χ0) is 25.7. The van der Waals surface area contributed by atoms with Crippen molar-refractivity contribution in [3.8, 4) is 5.69 Å². The van der Waals surface area contributed by atoms with Gasteiger partial charge in [0.2, 0.25) is 0 Å². The molecule has 0 aliphatic carbocycles. The van der Waals surface area contributed by atoms with Crippen LogP contribution < -0.4 is 11.0 Å². The Morgan fingerprint density at radius 2 is 1.83 bits per heavy atom. The van der Waals surface area contributed by atoms with Crippen LogP contribution in [-0.2, 0) is 10.4 Å². The summed E-state index contributed by atoms with van der Waals surface area (Å²) in [6, 6.07) is 11.2. The molecule has 3 heterocycles. The number of hydrogen-bond donors (Lipinski definition) is 2. The van der Waals surface area contributed by atoms with Crippen molar-refractivity contribution in [3.05, 3.63) is 82.2 Å². The molecule has 4 aromatic rings. The minimum absolute atomic E-state index is 0.00871. The van der Waals surface area contributed by atoms with E-state index in [2.05, 4.69) is 30.5 Å². The van der Waals surface area contributed by atoms with Gasteiger partial charge in [-0.05, 0) is 24.3 Å². The summed E-state index contributed by atoms with van der Waals surface area (Å²) in [6.07, 6.45) is -3.77. The van der Waals surface area contributed by atoms with Gasteiger partial charge in [0.15, 0.2) is 11.3 Å². The number of ether oxygens (including phenoxy) is 1. The average molecular weight is 497 g/mol. The lowest BCUT2D eigenvalue weighted by molar-refractivity contribution is -0.165. The summed E-state index contributed by atoms with van der Waals surface area (Å²) in [4.78, 5) is 48.2. The molecule has 0 saturated carbocycles. The van der Waals surface area contributed by atoms with E-state index in [4.69, 9.17) is 4.74 Å². The molecule has 0 fully saturated rings. The Balaban J connectivity index is 1.54. The van der Waals surface area contributed by atoms with Gasteiger partial charge in [-0.3, -0.25) is 4.79 Å². The summed E-state index contributed by atoms with van der Waals surface area (Å²) in [6.45, 7) is 0. The van der Waals surface area contributed by atoms with Gasteiger partial charge in [-0.2, -0.15) is 13.2 Å². The zero-order valence-corrected chi connectivity index (χ0v) is 18.2. The van der Waals surface area contributed by atoms with Gasteiger partial charge in [0, 0.05) is 11.3 Å². The molecule has 5 rings (SSSR count). The summed E-state index contributed by atoms with van der Waals surface area (Å²) >= 11 is 0. The van der Waals surface area contributed by atoms with E-state index >= 15 is 0 Å². The van der Waals surface area contributed by atoms with E-state index in [1.54, 1.807) is 6.07 Å². The van der Waals surface area contributed by atoms with Crippen LogP contribution in [0.15, 0.2) is 69.9 Å². The van der Waals surface area contributed by atoms with Crippen molar-refractivity contribution in [3.63, 3.8) is 0 Å². The first kappa shape index (κ1) is 22.9. The molecule has 0 saturated heterocycles. The van der Waals surface area contributed by atoms with Crippen molar-refractivity contribution in [1.82, 2.24) is 19.5 Å². The molecule has 14 heteroatoms. The third-order valence-electron chi connectivity index (χ3n) is 5.46. The largest absolute Gasteiger partial charge is 0.465 e. The van der Waals surface area contributed by atoms with Crippen molar-refractivity contribution in [2.75, 3.05) is 12.4 Å². The number of methoxy groups -OCH3 is 1. The first-order chi connectivity index (χ1) is 17.2. The number of carbonyl (C=O) groups is 2. The van der Waals surface area contributed by atoms with E-state index in [1.807, 2.05) is 0 Å². The Morgan fingerprint density at radius 1 is 1.08 bits per heavy atom. The van der Waals surface area contributed by atoms with Gasteiger partial charge in [0.1, 0.15) is 11.8 Å². The third-order valence-corrected chi connectivity index (χ3v) is 5.46. The van der Waals surface area contributed by atoms with Crippen LogP contribution in [0.3, 0.4) is 0 Å². The van der Waals surface area contributed by atoms with E-state index in [-0.39, 0.29) is 39.4 Å². The molecule has 0 spiro atoms. The molecule has 1 amide bonds. The van der Waals surface area contributed by atoms with Gasteiger partial charge in [-0.25, -0.2) is 24.1 Å². The maximum absolute atomic E-state index is 13.5. The van der Waals surface area contributed by atoms with Crippen molar-refractivity contribution >= 4 is 28.7 Å². The molecule has 0 unspecified atom stereocenters. The van der Waals surface area contributed by atoms with Gasteiger partial charge < -0.3 is 15.0 Å². The van der Waals surface area contributed by atoms with Gasteiger partial charge in [-0.1, -0.05) is 24.3 Å². The number of benzene rings is 2. The standard InChI is InChI=1S/C22H14F3N7O4/c1-36-19(34)11-5-4-6-12(9-11)32-17-15(29-20(32)35)16(26-10-27-17)18(33)28-14-8-3-2-7-13(14)21(30-31-21)22(23,24)25/h2-10H,1H3,(H,28,33)(H,29,35). The van der Waals surface area contributed by atoms with Crippen molar-refractivity contribution in [2.24, 2.45) is 10.2 Å². The number of halogens is 3. The fraction of sp³-hybridized carbons (Fsp3) is 0.136. The molecule has 11 nitrogen and oxygen atoms in total. The fourth-order valence-corrected chi connectivity index (χ4v) is 3.72. The number of fused-ring (bicyclic) bond motifs is 1. The molecular formula is C22H14F3N7O4. The number of carbonyl (C=O) groups excluding carboxylic acids is 2. The molecule has 2 N–H and O–H groups in total. The van der Waals surface area contributed by atoms with Crippen LogP contribution in [0.5, 0.6) is 0 Å². The highest BCUT2D eigenvalue weighted by Crippen LogP contribution is 2.54. The molecule has 2 aromatic carbocycles. The Morgan fingerprint density at radius 3 is 2.53 bits per heavy atom. The average Bonchev–Trinajstić information content (AvgIpc) is 3.61. The summed E-state index contributed by atoms with van der Waals surface area (Å²) < 4.78 is 46.5. The van der Waals surface area contributed by atoms with Crippen LogP contribution in [0.2, 0.25) is 0 Å². The Kier molecular flexibility index (Phi) is 5.16. The van der Waals surface area contributed by atoms with Crippen LogP contribution in [0, 0.1) is 0 Å². The number of aromatic nitrogens is 4. The van der Waals surface area contributed by atoms with E-state index in [1.165, 1.54) is 43.5 Å². The molecule has 0 atom stereocenters. The van der Waals surface area contributed by atoms with Gasteiger partial charge in [0.05, 0.1) is 18.4 Å². The molecular weight excluding hydrogens is 483 g/mol. The number of nitrogens with one attached hydrogen (secondary N) is 2. The number of anilines is 1. The van der Waals surface area contributed by atoms with Crippen molar-refractivity contribution < 1.29 is 27.5 Å². The number of imidazole rings is 1. The number of hydrogen-bond acceptors (Lipinski definition) is 8. The summed E-state index contributed by atoms with van der Waals surface area (Å²) in [7, 11) is 1.21. The zero-order valence-electron chi connectivity index (χ0n) is 18.2. The van der Waals surface area contributed by atoms with Crippen LogP contribution in [0.4, 0.5) is 18.9 Å². The van der Waals surface area contributed by atoms with E-state index in [9.17, 15) is 27.6 Å². The van der Waals surface area contributed by atoms with Crippen LogP contribution in [-0.4, -0.2) is 44.7 Å². The number of amides is 1. The Labute approximate surface area is 198 Å². The predicted molar refractivity (Wildman–Crippen MR) is 118 cm³/mol. The molecule has 1 aliphatic heterocycles. The lowest BCUT2D eigenvalue weighted by atomic mass is 10.0. The summed E-state index contributed by atoms with van der Waals surface area (Å²) in [5.74, 6) is -1.52. The lowest BCUT2D eigenvalue weighted by Gasteiger charge is -2.18. The first-order valence-corrected chi connectivity index (χ1v) is 10.2. The monoisotopic (exact) mass is 497 g/mol. The maximum Gasteiger partial charge on any atom is 0.442 e. The van der Waals surface area contributed by atoms with E-state index in [0.29, 0.717) is 0 Å². The molecule has 36 heavy (non-hydrogen) atoms. The lowest BCUT2D eigenvalue weighted by Crippen LogP contribution is -2.31. The summed E-state index contributed by atoms with van der Waals surface area (Å²) in [5.41, 5.74) is -3.88. The second-order valence-electron chi connectivity index (χ2n) is 7.60. The smallest absolute Gasteiger partial charge is 0.442 e. The number of aromatic amines is 1. The number of rotatable bonds is 5. The third kappa shape index (κ3) is 3.59. The highest BCUT2D eigenvalue weighted by molar-refractivity contribution is 6.09. The van der Waals surface area contributed by atoms with Gasteiger partial charge in [0.25, 0.3) is 5.91 Å². The minimum atomic E-state index is -4.79. The van der Waals surface area contributed by atoms with Gasteiger partial charge in [-0.15, -0.1) is 10.2 Å². The Bertz CT molecular complexity index is 1620. The van der Waals surface area contributed by atoms with Crippen LogP contribution in [0.25, 0.3) is 16.9 Å². The van der Waals surface area contributed by atoms with Crippen molar-refractivity contribution in [2.45, 2.75) is 11.8 Å². The number of alkyl halides is 3. The number of para-hydroxylation sites is 1. The molecule has 0 bridgehead atoms. The fourth-order valence-electron chi connectivity index (χ4n) is 3.72. The topological polar surface area (TPSA) is 144 Å². The molecule has 0 radical (unpaired) electrons. The second-order valence-corrected chi connectivity index (χ2v) is 7.60. The number of esters is 1. The second kappa shape index (κ2) is 8.11. The Hall–Kier alpha value is -4.88. The maximum atomic E-state index is 13.5. The first-order valence-electron chi connectivity index (χ1n) is 10.2. The highest BCUT2D eigenvalue weighted by Gasteiger charge is 2.66. The predicted octanol–water partition coefficient (Wildman–Crippen LogP) is 3.33. The minimum Gasteiger partial charge on any atom is -0.465 e. The number of H-pyrrole nitrogens is 1. The quantitative estimate of drug-likeness (QED) is 0.405. The SMILES string of the molecule is COC(=O)c1cccc(-n2c(=O)[nH]c3c(C(=O)Nc4ccccc4C4(C(F)(F)F)N=N4)ncnc32)c1. The molecule has 1 aliphatic rings. The highest BCUT2D eigenvalue weighted by atomic mass is 19.4. The van der Waals surface area contributed by atoms with Crippen molar-refractivity contribution in [1.29, 1.82) is 0 Å². The summed E-state index contributed by atoms with van der Waals surface area (Å²) in [5, 5.41) is 8.75. The molecule has 2 aromatic heterocycles. The normalized spacial score (nSPS) is 14.0. The van der Waals surface area contributed by atoms with E-state index < -0.39 is 29.4 Å². The van der Waals surface area contributed by atoms with E-state index in [0.717, 1.165) is 17.0 Å². The van der Waals surface area contributed by atoms with Gasteiger partial charge >= 0.3 is 23.5 Å². The number of nitrogens with zero attached hydrogens (tertiary/aromatic N) is 5.